The Labute approximate surface area is 156 Å². The summed E-state index contributed by atoms with van der Waals surface area (Å²) in [5, 5.41) is 0. The van der Waals surface area contributed by atoms with Gasteiger partial charge in [-0.15, -0.1) is 0 Å². The molecule has 0 amide bonds. The van der Waals surface area contributed by atoms with Crippen LogP contribution in [-0.4, -0.2) is 0 Å². The third-order valence-corrected chi connectivity index (χ3v) is 6.96. The van der Waals surface area contributed by atoms with Crippen LogP contribution in [0.4, 0.5) is 0 Å². The van der Waals surface area contributed by atoms with Crippen LogP contribution in [-0.2, 0) is 0 Å². The normalized spacial score (nSPS) is 19.2. The predicted molar refractivity (Wildman–Crippen MR) is 110 cm³/mol. The maximum absolute atomic E-state index is 2.46. The molecule has 0 aromatic heterocycles. The lowest BCUT2D eigenvalue weighted by Crippen LogP contribution is -2.28. The van der Waals surface area contributed by atoms with Gasteiger partial charge >= 0.3 is 0 Å². The smallest absolute Gasteiger partial charge is 0.0349 e. The van der Waals surface area contributed by atoms with Crippen molar-refractivity contribution >= 4 is 0 Å². The topological polar surface area (TPSA) is 0 Å². The zero-order chi connectivity index (χ0) is 18.3. The van der Waals surface area contributed by atoms with Crippen LogP contribution in [0.2, 0.25) is 0 Å². The lowest BCUT2D eigenvalue weighted by molar-refractivity contribution is 0.746. The second-order valence-corrected chi connectivity index (χ2v) is 8.56. The summed E-state index contributed by atoms with van der Waals surface area (Å²) < 4.78 is 0. The molecule has 0 aliphatic heterocycles. The van der Waals surface area contributed by atoms with Gasteiger partial charge in [0.15, 0.2) is 0 Å². The van der Waals surface area contributed by atoms with E-state index < -0.39 is 0 Å². The van der Waals surface area contributed by atoms with Gasteiger partial charge in [0.2, 0.25) is 0 Å². The molecule has 0 saturated heterocycles. The molecule has 3 aliphatic carbocycles. The minimum Gasteiger partial charge on any atom is -0.0546 e. The van der Waals surface area contributed by atoms with Crippen molar-refractivity contribution in [2.45, 2.75) is 53.4 Å². The van der Waals surface area contributed by atoms with Gasteiger partial charge in [-0.25, -0.2) is 0 Å². The molecule has 0 fully saturated rings. The van der Waals surface area contributed by atoms with Crippen LogP contribution in [0.25, 0.3) is 0 Å². The molecule has 0 unspecified atom stereocenters. The summed E-state index contributed by atoms with van der Waals surface area (Å²) in [7, 11) is 0. The van der Waals surface area contributed by atoms with Crippen molar-refractivity contribution in [1.29, 1.82) is 0 Å². The van der Waals surface area contributed by atoms with Crippen molar-refractivity contribution in [2.24, 2.45) is 0 Å². The van der Waals surface area contributed by atoms with E-state index in [1.807, 2.05) is 0 Å². The van der Waals surface area contributed by atoms with E-state index in [4.69, 9.17) is 0 Å². The highest BCUT2D eigenvalue weighted by atomic mass is 14.4. The molecule has 3 aliphatic rings. The zero-order valence-corrected chi connectivity index (χ0v) is 16.6. The fourth-order valence-corrected chi connectivity index (χ4v) is 5.09. The van der Waals surface area contributed by atoms with E-state index in [1.165, 1.54) is 66.8 Å². The van der Waals surface area contributed by atoms with Gasteiger partial charge in [-0.3, -0.25) is 0 Å². The van der Waals surface area contributed by atoms with Crippen LogP contribution in [0.15, 0.2) is 36.4 Å². The summed E-state index contributed by atoms with van der Waals surface area (Å²) in [6.07, 6.45) is 0. The molecule has 26 heavy (non-hydrogen) atoms. The molecule has 0 spiro atoms. The van der Waals surface area contributed by atoms with Crippen molar-refractivity contribution in [1.82, 2.24) is 0 Å². The van der Waals surface area contributed by atoms with E-state index >= 15 is 0 Å². The molecule has 2 bridgehead atoms. The van der Waals surface area contributed by atoms with Crippen molar-refractivity contribution in [3.8, 4) is 0 Å². The molecule has 0 heterocycles. The Kier molecular flexibility index (Phi) is 3.11. The molecule has 3 aromatic rings. The maximum Gasteiger partial charge on any atom is 0.0349 e. The average molecular weight is 338 g/mol. The third-order valence-electron chi connectivity index (χ3n) is 6.96. The zero-order valence-electron chi connectivity index (χ0n) is 16.6. The van der Waals surface area contributed by atoms with E-state index in [0.29, 0.717) is 11.8 Å². The SMILES string of the molecule is Cc1cc2c(cc1C)C1c3cc(C)c(C)cc3C2c2cc(C)c(C)cc21. The molecule has 3 aromatic carbocycles. The van der Waals surface area contributed by atoms with Gasteiger partial charge in [-0.05, 0) is 108 Å². The number of aryl methyl sites for hydroxylation is 6. The van der Waals surface area contributed by atoms with E-state index in [2.05, 4.69) is 77.9 Å². The first kappa shape index (κ1) is 15.9. The molecule has 0 radical (unpaired) electrons. The second-order valence-electron chi connectivity index (χ2n) is 8.56. The Bertz CT molecular complexity index is 869. The van der Waals surface area contributed by atoms with Crippen LogP contribution < -0.4 is 0 Å². The fraction of sp³-hybridized carbons (Fsp3) is 0.308. The number of benzene rings is 3. The van der Waals surface area contributed by atoms with E-state index in [9.17, 15) is 0 Å². The van der Waals surface area contributed by atoms with Crippen LogP contribution in [0.3, 0.4) is 0 Å². The van der Waals surface area contributed by atoms with Crippen LogP contribution in [0, 0.1) is 41.5 Å². The second kappa shape index (κ2) is 5.10. The molecular formula is C26H26. The van der Waals surface area contributed by atoms with E-state index in [0.717, 1.165) is 0 Å². The maximum atomic E-state index is 2.46. The number of rotatable bonds is 0. The lowest BCUT2D eigenvalue weighted by Gasteiger charge is -2.43. The largest absolute Gasteiger partial charge is 0.0546 e. The Morgan fingerprint density at radius 2 is 0.500 bits per heavy atom. The fourth-order valence-electron chi connectivity index (χ4n) is 5.09. The highest BCUT2D eigenvalue weighted by molar-refractivity contribution is 5.70. The van der Waals surface area contributed by atoms with Crippen molar-refractivity contribution in [3.63, 3.8) is 0 Å². The minimum absolute atomic E-state index is 0.387. The highest BCUT2D eigenvalue weighted by Crippen LogP contribution is 2.56. The third kappa shape index (κ3) is 1.91. The van der Waals surface area contributed by atoms with Gasteiger partial charge in [0.05, 0.1) is 0 Å². The first-order valence-corrected chi connectivity index (χ1v) is 9.70. The van der Waals surface area contributed by atoms with Gasteiger partial charge < -0.3 is 0 Å². The minimum atomic E-state index is 0.387. The first-order chi connectivity index (χ1) is 12.4. The molecular weight excluding hydrogens is 312 g/mol. The summed E-state index contributed by atoms with van der Waals surface area (Å²) in [6.45, 7) is 13.5. The molecule has 0 nitrogen and oxygen atoms in total. The molecule has 0 N–H and O–H groups in total. The standard InChI is InChI=1S/C26H26/c1-13-7-19-20(8-14(13)2)26-23-11-17(5)15(3)9-21(23)25(19)22-10-16(4)18(6)12-24(22)26/h7-12,25-26H,1-6H3. The first-order valence-electron chi connectivity index (χ1n) is 9.70. The predicted octanol–water partition coefficient (Wildman–Crippen LogP) is 6.52. The number of hydrogen-bond donors (Lipinski definition) is 0. The lowest BCUT2D eigenvalue weighted by atomic mass is 9.60. The Morgan fingerprint density at radius 1 is 0.346 bits per heavy atom. The Hall–Kier alpha value is -2.34. The summed E-state index contributed by atoms with van der Waals surface area (Å²) in [5.74, 6) is 0.774. The van der Waals surface area contributed by atoms with Gasteiger partial charge in [0, 0.05) is 11.8 Å². The monoisotopic (exact) mass is 338 g/mol. The average Bonchev–Trinajstić information content (AvgIpc) is 2.58. The molecule has 130 valence electrons. The molecule has 0 saturated carbocycles. The number of hydrogen-bond acceptors (Lipinski definition) is 0. The highest BCUT2D eigenvalue weighted by Gasteiger charge is 2.41. The van der Waals surface area contributed by atoms with Crippen LogP contribution >= 0.6 is 0 Å². The van der Waals surface area contributed by atoms with E-state index in [-0.39, 0.29) is 0 Å². The van der Waals surface area contributed by atoms with Gasteiger partial charge in [-0.1, -0.05) is 36.4 Å². The molecule has 0 atom stereocenters. The van der Waals surface area contributed by atoms with Gasteiger partial charge in [0.25, 0.3) is 0 Å². The van der Waals surface area contributed by atoms with Crippen LogP contribution in [0.5, 0.6) is 0 Å². The summed E-state index contributed by atoms with van der Waals surface area (Å²) >= 11 is 0. The van der Waals surface area contributed by atoms with Crippen molar-refractivity contribution < 1.29 is 0 Å². The quantitative estimate of drug-likeness (QED) is 0.301. The van der Waals surface area contributed by atoms with Crippen molar-refractivity contribution in [3.05, 3.63) is 103 Å². The summed E-state index contributed by atoms with van der Waals surface area (Å²) in [5.41, 5.74) is 17.6. The Balaban J connectivity index is 1.91. The Morgan fingerprint density at radius 3 is 0.654 bits per heavy atom. The van der Waals surface area contributed by atoms with Gasteiger partial charge in [-0.2, -0.15) is 0 Å². The van der Waals surface area contributed by atoms with Crippen molar-refractivity contribution in [2.75, 3.05) is 0 Å². The summed E-state index contributed by atoms with van der Waals surface area (Å²) in [6, 6.07) is 14.7. The molecule has 6 rings (SSSR count). The van der Waals surface area contributed by atoms with Gasteiger partial charge in [0.1, 0.15) is 0 Å². The van der Waals surface area contributed by atoms with Crippen LogP contribution in [0.1, 0.15) is 78.6 Å². The van der Waals surface area contributed by atoms with E-state index in [1.54, 1.807) is 0 Å². The summed E-state index contributed by atoms with van der Waals surface area (Å²) in [4.78, 5) is 0. The molecule has 0 heteroatoms.